The Morgan fingerprint density at radius 3 is 2.75 bits per heavy atom. The molecule has 0 aromatic heterocycles. The van der Waals surface area contributed by atoms with Crippen molar-refractivity contribution in [2.45, 2.75) is 24.2 Å². The van der Waals surface area contributed by atoms with Crippen molar-refractivity contribution in [2.24, 2.45) is 0 Å². The van der Waals surface area contributed by atoms with Crippen molar-refractivity contribution in [3.05, 3.63) is 0 Å². The lowest BCUT2D eigenvalue weighted by Crippen LogP contribution is -2.21. The van der Waals surface area contributed by atoms with Gasteiger partial charge in [-0.15, -0.1) is 0 Å². The molecule has 1 N–H and O–H groups in total. The molecule has 0 bridgehead atoms. The van der Waals surface area contributed by atoms with E-state index >= 15 is 0 Å². The number of halogens is 1. The Kier molecular flexibility index (Phi) is 5.63. The molecule has 1 rings (SSSR count). The van der Waals surface area contributed by atoms with E-state index in [0.717, 1.165) is 31.8 Å². The molecule has 0 radical (unpaired) electrons. The van der Waals surface area contributed by atoms with Crippen LogP contribution in [0.3, 0.4) is 0 Å². The van der Waals surface area contributed by atoms with Crippen LogP contribution >= 0.6 is 27.7 Å². The quantitative estimate of drug-likeness (QED) is 0.775. The first-order valence-corrected chi connectivity index (χ1v) is 6.43. The minimum absolute atomic E-state index is 0.196. The first-order valence-electron chi connectivity index (χ1n) is 4.26. The predicted molar refractivity (Wildman–Crippen MR) is 56.1 cm³/mol. The highest BCUT2D eigenvalue weighted by Gasteiger charge is 2.15. The smallest absolute Gasteiger partial charge is 0.0727 e. The van der Waals surface area contributed by atoms with Gasteiger partial charge in [0.2, 0.25) is 0 Å². The van der Waals surface area contributed by atoms with E-state index in [-0.39, 0.29) is 6.10 Å². The zero-order chi connectivity index (χ0) is 8.81. The second kappa shape index (κ2) is 6.24. The maximum atomic E-state index is 9.29. The summed E-state index contributed by atoms with van der Waals surface area (Å²) in [5.41, 5.74) is 0. The SMILES string of the molecule is OC(CBr)CSC1CCOCC1. The van der Waals surface area contributed by atoms with Crippen molar-refractivity contribution in [3.63, 3.8) is 0 Å². The first kappa shape index (κ1) is 10.8. The van der Waals surface area contributed by atoms with Crippen LogP contribution in [0.5, 0.6) is 0 Å². The molecule has 1 atom stereocenters. The number of aliphatic hydroxyl groups is 1. The summed E-state index contributed by atoms with van der Waals surface area (Å²) in [5.74, 6) is 0.843. The van der Waals surface area contributed by atoms with Crippen LogP contribution in [0.25, 0.3) is 0 Å². The normalized spacial score (nSPS) is 22.5. The molecule has 1 aliphatic rings. The molecule has 1 saturated heterocycles. The Labute approximate surface area is 86.2 Å². The molecule has 0 aliphatic carbocycles. The third-order valence-electron chi connectivity index (χ3n) is 1.87. The molecule has 12 heavy (non-hydrogen) atoms. The lowest BCUT2D eigenvalue weighted by molar-refractivity contribution is 0.0998. The van der Waals surface area contributed by atoms with Gasteiger partial charge in [0, 0.05) is 29.5 Å². The van der Waals surface area contributed by atoms with Crippen LogP contribution in [-0.2, 0) is 4.74 Å². The zero-order valence-electron chi connectivity index (χ0n) is 7.04. The van der Waals surface area contributed by atoms with E-state index in [1.807, 2.05) is 11.8 Å². The van der Waals surface area contributed by atoms with Crippen molar-refractivity contribution in [3.8, 4) is 0 Å². The van der Waals surface area contributed by atoms with Crippen molar-refractivity contribution < 1.29 is 9.84 Å². The molecule has 4 heteroatoms. The summed E-state index contributed by atoms with van der Waals surface area (Å²) in [6.45, 7) is 1.78. The molecular weight excluding hydrogens is 240 g/mol. The number of ether oxygens (including phenoxy) is 1. The zero-order valence-corrected chi connectivity index (χ0v) is 9.44. The number of alkyl halides is 1. The Morgan fingerprint density at radius 2 is 2.17 bits per heavy atom. The highest BCUT2D eigenvalue weighted by molar-refractivity contribution is 9.09. The van der Waals surface area contributed by atoms with Crippen molar-refractivity contribution in [1.29, 1.82) is 0 Å². The van der Waals surface area contributed by atoms with E-state index in [1.165, 1.54) is 0 Å². The lowest BCUT2D eigenvalue weighted by Gasteiger charge is -2.22. The average Bonchev–Trinajstić information content (AvgIpc) is 2.16. The van der Waals surface area contributed by atoms with Gasteiger partial charge in [0.25, 0.3) is 0 Å². The molecule has 0 spiro atoms. The molecular formula is C8H15BrO2S. The molecule has 0 amide bonds. The number of aliphatic hydroxyl groups excluding tert-OH is 1. The van der Waals surface area contributed by atoms with Gasteiger partial charge in [-0.2, -0.15) is 11.8 Å². The van der Waals surface area contributed by atoms with Gasteiger partial charge in [-0.3, -0.25) is 0 Å². The maximum absolute atomic E-state index is 9.29. The highest BCUT2D eigenvalue weighted by Crippen LogP contribution is 2.22. The fourth-order valence-electron chi connectivity index (χ4n) is 1.13. The number of hydrogen-bond acceptors (Lipinski definition) is 3. The van der Waals surface area contributed by atoms with Crippen LogP contribution in [0.15, 0.2) is 0 Å². The first-order chi connectivity index (χ1) is 5.83. The average molecular weight is 255 g/mol. The summed E-state index contributed by atoms with van der Waals surface area (Å²) >= 11 is 5.12. The van der Waals surface area contributed by atoms with Crippen LogP contribution < -0.4 is 0 Å². The molecule has 0 aromatic carbocycles. The van der Waals surface area contributed by atoms with E-state index in [1.54, 1.807) is 0 Å². The van der Waals surface area contributed by atoms with E-state index in [4.69, 9.17) is 4.74 Å². The Balaban J connectivity index is 2.05. The van der Waals surface area contributed by atoms with Crippen molar-refractivity contribution in [1.82, 2.24) is 0 Å². The van der Waals surface area contributed by atoms with E-state index in [0.29, 0.717) is 10.6 Å². The number of thioether (sulfide) groups is 1. The van der Waals surface area contributed by atoms with Crippen LogP contribution in [0.4, 0.5) is 0 Å². The molecule has 1 aliphatic heterocycles. The van der Waals surface area contributed by atoms with Gasteiger partial charge < -0.3 is 9.84 Å². The highest BCUT2D eigenvalue weighted by atomic mass is 79.9. The molecule has 2 nitrogen and oxygen atoms in total. The van der Waals surface area contributed by atoms with E-state index in [2.05, 4.69) is 15.9 Å². The second-order valence-electron chi connectivity index (χ2n) is 2.95. The van der Waals surface area contributed by atoms with E-state index in [9.17, 15) is 5.11 Å². The van der Waals surface area contributed by atoms with Gasteiger partial charge in [0.15, 0.2) is 0 Å². The van der Waals surface area contributed by atoms with E-state index < -0.39 is 0 Å². The Bertz CT molecular complexity index is 118. The molecule has 1 fully saturated rings. The second-order valence-corrected chi connectivity index (χ2v) is 4.93. The molecule has 72 valence electrons. The third kappa shape index (κ3) is 4.12. The number of rotatable bonds is 4. The summed E-state index contributed by atoms with van der Waals surface area (Å²) in [7, 11) is 0. The molecule has 0 aromatic rings. The van der Waals surface area contributed by atoms with Crippen LogP contribution in [0, 0.1) is 0 Å². The Hall–Kier alpha value is 0.750. The fourth-order valence-corrected chi connectivity index (χ4v) is 2.80. The molecule has 0 saturated carbocycles. The van der Waals surface area contributed by atoms with Crippen molar-refractivity contribution >= 4 is 27.7 Å². The van der Waals surface area contributed by atoms with Crippen LogP contribution in [0.1, 0.15) is 12.8 Å². The Morgan fingerprint density at radius 1 is 1.50 bits per heavy atom. The largest absolute Gasteiger partial charge is 0.391 e. The summed E-state index contributed by atoms with van der Waals surface area (Å²) in [5, 5.41) is 10.7. The lowest BCUT2D eigenvalue weighted by atomic mass is 10.2. The van der Waals surface area contributed by atoms with Gasteiger partial charge >= 0.3 is 0 Å². The fraction of sp³-hybridized carbons (Fsp3) is 1.00. The topological polar surface area (TPSA) is 29.5 Å². The molecule has 1 unspecified atom stereocenters. The van der Waals surface area contributed by atoms with Gasteiger partial charge in [0.1, 0.15) is 0 Å². The minimum atomic E-state index is -0.196. The third-order valence-corrected chi connectivity index (χ3v) is 4.14. The monoisotopic (exact) mass is 254 g/mol. The summed E-state index contributed by atoms with van der Waals surface area (Å²) in [6, 6.07) is 0. The van der Waals surface area contributed by atoms with Gasteiger partial charge in [-0.05, 0) is 12.8 Å². The predicted octanol–water partition coefficient (Wildman–Crippen LogP) is 1.65. The summed E-state index contributed by atoms with van der Waals surface area (Å²) in [6.07, 6.45) is 2.08. The summed E-state index contributed by atoms with van der Waals surface area (Å²) in [4.78, 5) is 0. The van der Waals surface area contributed by atoms with Gasteiger partial charge in [-0.1, -0.05) is 15.9 Å². The van der Waals surface area contributed by atoms with Gasteiger partial charge in [-0.25, -0.2) is 0 Å². The maximum Gasteiger partial charge on any atom is 0.0727 e. The van der Waals surface area contributed by atoms with Crippen LogP contribution in [-0.4, -0.2) is 40.8 Å². The minimum Gasteiger partial charge on any atom is -0.391 e. The van der Waals surface area contributed by atoms with Crippen molar-refractivity contribution in [2.75, 3.05) is 24.3 Å². The standard InChI is InChI=1S/C8H15BrO2S/c9-5-7(10)6-12-8-1-3-11-4-2-8/h7-8,10H,1-6H2. The number of hydrogen-bond donors (Lipinski definition) is 1. The summed E-state index contributed by atoms with van der Waals surface area (Å²) < 4.78 is 5.25. The molecule has 1 heterocycles. The van der Waals surface area contributed by atoms with Crippen LogP contribution in [0.2, 0.25) is 0 Å². The van der Waals surface area contributed by atoms with Gasteiger partial charge in [0.05, 0.1) is 6.10 Å².